The minimum absolute atomic E-state index is 0.0390. The third kappa shape index (κ3) is 6.14. The van der Waals surface area contributed by atoms with Gasteiger partial charge in [-0.15, -0.1) is 0 Å². The zero-order valence-electron chi connectivity index (χ0n) is 18.9. The number of carbonyl (C=O) groups is 2. The molecule has 0 saturated heterocycles. The zero-order chi connectivity index (χ0) is 25.8. The lowest BCUT2D eigenvalue weighted by molar-refractivity contribution is -0.137. The molecule has 2 N–H and O–H groups in total. The van der Waals surface area contributed by atoms with Gasteiger partial charge in [0, 0.05) is 23.5 Å². The molecule has 1 heterocycles. The van der Waals surface area contributed by atoms with Crippen LogP contribution in [0.1, 0.15) is 38.3 Å². The van der Waals surface area contributed by atoms with Gasteiger partial charge in [-0.25, -0.2) is 0 Å². The fraction of sp³-hybridized carbons (Fsp3) is 0.200. The van der Waals surface area contributed by atoms with Crippen molar-refractivity contribution in [1.82, 2.24) is 9.88 Å². The van der Waals surface area contributed by atoms with Crippen molar-refractivity contribution in [1.29, 1.82) is 5.26 Å². The molecule has 0 aliphatic heterocycles. The number of aromatic nitrogens is 1. The van der Waals surface area contributed by atoms with Crippen molar-refractivity contribution in [2.24, 2.45) is 0 Å². The molecule has 2 aromatic carbocycles. The minimum Gasteiger partial charge on any atom is -0.348 e. The summed E-state index contributed by atoms with van der Waals surface area (Å²) in [4.78, 5) is 37.5. The number of rotatable bonds is 6. The molecule has 0 atom stereocenters. The van der Waals surface area contributed by atoms with Crippen molar-refractivity contribution in [3.8, 4) is 6.07 Å². The summed E-state index contributed by atoms with van der Waals surface area (Å²) in [5.41, 5.74) is 0.392. The van der Waals surface area contributed by atoms with Crippen molar-refractivity contribution in [2.75, 3.05) is 5.32 Å². The van der Waals surface area contributed by atoms with Crippen LogP contribution in [0.3, 0.4) is 0 Å². The van der Waals surface area contributed by atoms with Gasteiger partial charge in [0.05, 0.1) is 5.56 Å². The van der Waals surface area contributed by atoms with Crippen molar-refractivity contribution in [3.63, 3.8) is 0 Å². The first-order valence-corrected chi connectivity index (χ1v) is 10.4. The normalized spacial score (nSPS) is 11.0. The number of pyridine rings is 1. The van der Waals surface area contributed by atoms with E-state index in [4.69, 9.17) is 0 Å². The first-order valence-electron chi connectivity index (χ1n) is 10.4. The molecule has 180 valence electrons. The Balaban J connectivity index is 1.68. The van der Waals surface area contributed by atoms with Crippen LogP contribution in [0.2, 0.25) is 0 Å². The average molecular weight is 482 g/mol. The van der Waals surface area contributed by atoms with Gasteiger partial charge in [0.1, 0.15) is 18.2 Å². The average Bonchev–Trinajstić information content (AvgIpc) is 2.80. The third-order valence-corrected chi connectivity index (χ3v) is 5.23. The van der Waals surface area contributed by atoms with Gasteiger partial charge in [0.25, 0.3) is 11.5 Å². The summed E-state index contributed by atoms with van der Waals surface area (Å²) in [6.45, 7) is 2.85. The fourth-order valence-corrected chi connectivity index (χ4v) is 3.48. The molecule has 0 aliphatic carbocycles. The highest BCUT2D eigenvalue weighted by Crippen LogP contribution is 2.29. The van der Waals surface area contributed by atoms with Crippen LogP contribution in [0.25, 0.3) is 0 Å². The number of aryl methyl sites for hydroxylation is 2. The van der Waals surface area contributed by atoms with Crippen molar-refractivity contribution in [2.45, 2.75) is 33.1 Å². The van der Waals surface area contributed by atoms with Crippen LogP contribution in [0, 0.1) is 25.2 Å². The molecule has 3 rings (SSSR count). The summed E-state index contributed by atoms with van der Waals surface area (Å²) in [6, 6.07) is 14.1. The third-order valence-electron chi connectivity index (χ3n) is 5.23. The Bertz CT molecular complexity index is 1390. The maximum absolute atomic E-state index is 12.9. The number of alkyl halides is 3. The lowest BCUT2D eigenvalue weighted by atomic mass is 10.1. The molecule has 0 fully saturated rings. The maximum atomic E-state index is 12.9. The highest BCUT2D eigenvalue weighted by Gasteiger charge is 2.30. The van der Waals surface area contributed by atoms with Crippen LogP contribution in [-0.4, -0.2) is 16.4 Å². The van der Waals surface area contributed by atoms with E-state index in [0.29, 0.717) is 16.9 Å². The van der Waals surface area contributed by atoms with E-state index in [1.165, 1.54) is 34.9 Å². The maximum Gasteiger partial charge on any atom is 0.416 e. The second-order valence-corrected chi connectivity index (χ2v) is 7.86. The molecule has 2 amide bonds. The number of hydrogen-bond acceptors (Lipinski definition) is 4. The number of nitrogens with zero attached hydrogens (tertiary/aromatic N) is 2. The van der Waals surface area contributed by atoms with Crippen LogP contribution in [0.4, 0.5) is 18.9 Å². The van der Waals surface area contributed by atoms with Crippen LogP contribution >= 0.6 is 0 Å². The number of benzene rings is 2. The van der Waals surface area contributed by atoms with E-state index in [1.807, 2.05) is 6.07 Å². The Morgan fingerprint density at radius 2 is 1.77 bits per heavy atom. The summed E-state index contributed by atoms with van der Waals surface area (Å²) >= 11 is 0. The lowest BCUT2D eigenvalue weighted by Crippen LogP contribution is -2.31. The van der Waals surface area contributed by atoms with Crippen LogP contribution in [0.5, 0.6) is 0 Å². The molecule has 7 nitrogen and oxygen atoms in total. The van der Waals surface area contributed by atoms with Crippen LogP contribution in [-0.2, 0) is 24.1 Å². The number of amides is 2. The number of nitriles is 1. The van der Waals surface area contributed by atoms with E-state index in [1.54, 1.807) is 26.0 Å². The van der Waals surface area contributed by atoms with Gasteiger partial charge in [0.15, 0.2) is 0 Å². The van der Waals surface area contributed by atoms with Gasteiger partial charge in [-0.3, -0.25) is 14.4 Å². The highest BCUT2D eigenvalue weighted by molar-refractivity contribution is 5.97. The molecule has 3 aromatic rings. The summed E-state index contributed by atoms with van der Waals surface area (Å²) in [6.07, 6.45) is -4.48. The molecule has 1 aromatic heterocycles. The number of nitrogens with one attached hydrogen (secondary N) is 2. The Morgan fingerprint density at radius 3 is 2.46 bits per heavy atom. The SMILES string of the molecule is Cc1cc(C)n(CC(=O)Nc2cccc(C(=O)NCc3cccc(C(F)(F)F)c3)c2)c(=O)c1C#N. The Hall–Kier alpha value is -4.39. The van der Waals surface area contributed by atoms with Gasteiger partial charge in [-0.1, -0.05) is 18.2 Å². The topological polar surface area (TPSA) is 104 Å². The molecule has 0 spiro atoms. The molecule has 35 heavy (non-hydrogen) atoms. The molecule has 0 saturated carbocycles. The minimum atomic E-state index is -4.48. The van der Waals surface area contributed by atoms with E-state index in [-0.39, 0.29) is 29.8 Å². The van der Waals surface area contributed by atoms with Gasteiger partial charge >= 0.3 is 6.18 Å². The summed E-state index contributed by atoms with van der Waals surface area (Å²) in [7, 11) is 0. The van der Waals surface area contributed by atoms with Gasteiger partial charge in [-0.05, 0) is 61.4 Å². The predicted octanol–water partition coefficient (Wildman–Crippen LogP) is 3.92. The smallest absolute Gasteiger partial charge is 0.348 e. The van der Waals surface area contributed by atoms with E-state index in [9.17, 15) is 32.8 Å². The van der Waals surface area contributed by atoms with Crippen LogP contribution < -0.4 is 16.2 Å². The predicted molar refractivity (Wildman–Crippen MR) is 123 cm³/mol. The first kappa shape index (κ1) is 25.2. The number of hydrogen-bond donors (Lipinski definition) is 2. The molecule has 0 unspecified atom stereocenters. The molecule has 10 heteroatoms. The Morgan fingerprint density at radius 1 is 1.06 bits per heavy atom. The second kappa shape index (κ2) is 10.3. The lowest BCUT2D eigenvalue weighted by Gasteiger charge is -2.13. The molecular weight excluding hydrogens is 461 g/mol. The van der Waals surface area contributed by atoms with E-state index in [0.717, 1.165) is 12.1 Å². The quantitative estimate of drug-likeness (QED) is 0.556. The number of carbonyl (C=O) groups excluding carboxylic acids is 2. The zero-order valence-corrected chi connectivity index (χ0v) is 18.9. The molecule has 0 aliphatic rings. The molecule has 0 bridgehead atoms. The summed E-state index contributed by atoms with van der Waals surface area (Å²) < 4.78 is 39.8. The largest absolute Gasteiger partial charge is 0.416 e. The second-order valence-electron chi connectivity index (χ2n) is 7.86. The number of halogens is 3. The molecule has 0 radical (unpaired) electrons. The van der Waals surface area contributed by atoms with Crippen molar-refractivity contribution < 1.29 is 22.8 Å². The van der Waals surface area contributed by atoms with Crippen molar-refractivity contribution >= 4 is 17.5 Å². The summed E-state index contributed by atoms with van der Waals surface area (Å²) in [5.74, 6) is -1.08. The first-order chi connectivity index (χ1) is 16.5. The van der Waals surface area contributed by atoms with Crippen molar-refractivity contribution in [3.05, 3.63) is 98.5 Å². The van der Waals surface area contributed by atoms with E-state index < -0.39 is 29.1 Å². The van der Waals surface area contributed by atoms with E-state index >= 15 is 0 Å². The standard InChI is InChI=1S/C25H21F3N4O3/c1-15-9-16(2)32(24(35)21(15)12-29)14-22(33)31-20-8-4-6-18(11-20)23(34)30-13-17-5-3-7-19(10-17)25(26,27)28/h3-11H,13-14H2,1-2H3,(H,30,34)(H,31,33). The van der Waals surface area contributed by atoms with Gasteiger partial charge < -0.3 is 15.2 Å². The number of anilines is 1. The van der Waals surface area contributed by atoms with Gasteiger partial charge in [-0.2, -0.15) is 18.4 Å². The Labute approximate surface area is 198 Å². The monoisotopic (exact) mass is 482 g/mol. The van der Waals surface area contributed by atoms with Crippen LogP contribution in [0.15, 0.2) is 59.4 Å². The Kier molecular flexibility index (Phi) is 7.40. The summed E-state index contributed by atoms with van der Waals surface area (Å²) in [5, 5.41) is 14.3. The highest BCUT2D eigenvalue weighted by atomic mass is 19.4. The molecular formula is C25H21F3N4O3. The van der Waals surface area contributed by atoms with Gasteiger partial charge in [0.2, 0.25) is 5.91 Å². The van der Waals surface area contributed by atoms with E-state index in [2.05, 4.69) is 10.6 Å². The fourth-order valence-electron chi connectivity index (χ4n) is 3.48.